The van der Waals surface area contributed by atoms with Crippen LogP contribution in [0.4, 0.5) is 5.69 Å². The molecule has 0 fully saturated rings. The molecule has 2 aromatic carbocycles. The first-order valence-corrected chi connectivity index (χ1v) is 14.9. The van der Waals surface area contributed by atoms with Gasteiger partial charge in [-0.05, 0) is 82.7 Å². The smallest absolute Gasteiger partial charge is 0.262 e. The Hall–Kier alpha value is -3.58. The third-order valence-corrected chi connectivity index (χ3v) is 8.35. The maximum atomic E-state index is 13.4. The molecule has 5 rings (SSSR count). The largest absolute Gasteiger partial charge is 0.490 e. The van der Waals surface area contributed by atoms with Crippen molar-refractivity contribution in [2.24, 2.45) is 0 Å². The number of aryl methyl sites for hydroxylation is 2. The number of amides is 1. The van der Waals surface area contributed by atoms with Gasteiger partial charge < -0.3 is 19.7 Å². The summed E-state index contributed by atoms with van der Waals surface area (Å²) in [4.78, 5) is 41.8. The van der Waals surface area contributed by atoms with Crippen molar-refractivity contribution in [3.05, 3.63) is 74.6 Å². The van der Waals surface area contributed by atoms with Crippen LogP contribution in [-0.2, 0) is 14.4 Å². The van der Waals surface area contributed by atoms with Crippen LogP contribution in [0.3, 0.4) is 0 Å². The van der Waals surface area contributed by atoms with E-state index in [1.807, 2.05) is 45.0 Å². The Morgan fingerprint density at radius 1 is 0.951 bits per heavy atom. The molecule has 7 nitrogen and oxygen atoms in total. The monoisotopic (exact) mass is 576 g/mol. The summed E-state index contributed by atoms with van der Waals surface area (Å²) >= 11 is 6.81. The quantitative estimate of drug-likeness (QED) is 0.372. The first kappa shape index (κ1) is 28.9. The second-order valence-electron chi connectivity index (χ2n) is 10.9. The minimum absolute atomic E-state index is 0.0807. The Bertz CT molecular complexity index is 1430. The third-order valence-electron chi connectivity index (χ3n) is 8.07. The summed E-state index contributed by atoms with van der Waals surface area (Å²) in [6.45, 7) is 8.66. The molecule has 1 aliphatic heterocycles. The molecule has 0 unspecified atom stereocenters. The van der Waals surface area contributed by atoms with Gasteiger partial charge in [0.2, 0.25) is 0 Å². The molecule has 0 spiro atoms. The number of hydrogen-bond donors (Lipinski definition) is 1. The molecule has 8 heteroatoms. The predicted octanol–water partition coefficient (Wildman–Crippen LogP) is 6.81. The average molecular weight is 577 g/mol. The number of hydrogen-bond acceptors (Lipinski definition) is 6. The Balaban J connectivity index is 1.50. The van der Waals surface area contributed by atoms with E-state index >= 15 is 0 Å². The number of allylic oxidation sites excluding steroid dienone is 4. The summed E-state index contributed by atoms with van der Waals surface area (Å²) in [5.41, 5.74) is 6.98. The Morgan fingerprint density at radius 3 is 2.20 bits per heavy atom. The SMILES string of the molecule is CCOc1cc(C2C3=C(CCCC3=O)N(CC)C3=C2C(=O)CCC3)cc(Cl)c1OCC(=O)Nc1ccc(C)cc1C. The third kappa shape index (κ3) is 5.65. The minimum atomic E-state index is -0.498. The van der Waals surface area contributed by atoms with E-state index in [1.165, 1.54) is 0 Å². The minimum Gasteiger partial charge on any atom is -0.490 e. The van der Waals surface area contributed by atoms with Gasteiger partial charge >= 0.3 is 0 Å². The number of ether oxygens (including phenoxy) is 2. The maximum Gasteiger partial charge on any atom is 0.262 e. The van der Waals surface area contributed by atoms with Crippen LogP contribution in [0, 0.1) is 13.8 Å². The summed E-state index contributed by atoms with van der Waals surface area (Å²) in [5.74, 6) is -0.0247. The molecule has 0 aromatic heterocycles. The summed E-state index contributed by atoms with van der Waals surface area (Å²) in [5, 5.41) is 3.15. The van der Waals surface area contributed by atoms with E-state index in [-0.39, 0.29) is 34.9 Å². The molecular weight excluding hydrogens is 540 g/mol. The van der Waals surface area contributed by atoms with Gasteiger partial charge in [0, 0.05) is 53.5 Å². The summed E-state index contributed by atoms with van der Waals surface area (Å²) in [6, 6.07) is 9.38. The van der Waals surface area contributed by atoms with Gasteiger partial charge in [-0.25, -0.2) is 0 Å². The van der Waals surface area contributed by atoms with Crippen molar-refractivity contribution in [2.75, 3.05) is 25.1 Å². The van der Waals surface area contributed by atoms with Crippen molar-refractivity contribution in [3.63, 3.8) is 0 Å². The number of benzene rings is 2. The van der Waals surface area contributed by atoms with Crippen LogP contribution in [0.25, 0.3) is 0 Å². The fourth-order valence-electron chi connectivity index (χ4n) is 6.37. The van der Waals surface area contributed by atoms with Gasteiger partial charge in [0.1, 0.15) is 0 Å². The molecule has 2 aliphatic carbocycles. The lowest BCUT2D eigenvalue weighted by Gasteiger charge is -2.43. The van der Waals surface area contributed by atoms with Crippen LogP contribution >= 0.6 is 11.6 Å². The van der Waals surface area contributed by atoms with Gasteiger partial charge in [-0.2, -0.15) is 0 Å². The second-order valence-corrected chi connectivity index (χ2v) is 11.3. The molecule has 2 aromatic rings. The highest BCUT2D eigenvalue weighted by molar-refractivity contribution is 6.32. The molecule has 0 atom stereocenters. The topological polar surface area (TPSA) is 84.9 Å². The van der Waals surface area contributed by atoms with E-state index in [0.717, 1.165) is 59.5 Å². The summed E-state index contributed by atoms with van der Waals surface area (Å²) in [6.07, 6.45) is 4.15. The van der Waals surface area contributed by atoms with Crippen LogP contribution in [-0.4, -0.2) is 42.1 Å². The van der Waals surface area contributed by atoms with Crippen molar-refractivity contribution in [3.8, 4) is 11.5 Å². The van der Waals surface area contributed by atoms with E-state index in [0.29, 0.717) is 42.9 Å². The van der Waals surface area contributed by atoms with Gasteiger partial charge in [-0.1, -0.05) is 29.3 Å². The van der Waals surface area contributed by atoms with E-state index in [4.69, 9.17) is 21.1 Å². The van der Waals surface area contributed by atoms with Crippen molar-refractivity contribution in [1.82, 2.24) is 4.90 Å². The van der Waals surface area contributed by atoms with Gasteiger partial charge in [-0.3, -0.25) is 14.4 Å². The molecule has 1 heterocycles. The van der Waals surface area contributed by atoms with Crippen LogP contribution in [0.5, 0.6) is 11.5 Å². The molecule has 0 bridgehead atoms. The number of halogens is 1. The number of Topliss-reactive ketones (excluding diaryl/α,β-unsaturated/α-hetero) is 2. The highest BCUT2D eigenvalue weighted by Crippen LogP contribution is 2.51. The standard InChI is InChI=1S/C33H37ClN2O5/c1-5-36-24-9-7-11-26(37)31(24)30(32-25(36)10-8-12-27(32)38)21-16-22(34)33(28(17-21)40-6-2)41-18-29(39)35-23-14-13-19(3)15-20(23)4/h13-17,30H,5-12,18H2,1-4H3,(H,35,39). The fraction of sp³-hybridized carbons (Fsp3) is 0.424. The zero-order valence-electron chi connectivity index (χ0n) is 24.2. The lowest BCUT2D eigenvalue weighted by Crippen LogP contribution is -2.39. The Kier molecular flexibility index (Phi) is 8.55. The van der Waals surface area contributed by atoms with Crippen LogP contribution < -0.4 is 14.8 Å². The van der Waals surface area contributed by atoms with Gasteiger partial charge in [-0.15, -0.1) is 0 Å². The maximum absolute atomic E-state index is 13.4. The van der Waals surface area contributed by atoms with E-state index < -0.39 is 5.92 Å². The lowest BCUT2D eigenvalue weighted by atomic mass is 9.71. The number of anilines is 1. The first-order valence-electron chi connectivity index (χ1n) is 14.5. The normalized spacial score (nSPS) is 17.4. The van der Waals surface area contributed by atoms with Crippen LogP contribution in [0.15, 0.2) is 52.9 Å². The molecule has 41 heavy (non-hydrogen) atoms. The fourth-order valence-corrected chi connectivity index (χ4v) is 6.64. The van der Waals surface area contributed by atoms with Gasteiger partial charge in [0.15, 0.2) is 29.7 Å². The zero-order chi connectivity index (χ0) is 29.3. The first-order chi connectivity index (χ1) is 19.7. The lowest BCUT2D eigenvalue weighted by molar-refractivity contribution is -0.118. The van der Waals surface area contributed by atoms with Crippen molar-refractivity contribution >= 4 is 34.8 Å². The van der Waals surface area contributed by atoms with E-state index in [9.17, 15) is 14.4 Å². The molecule has 1 N–H and O–H groups in total. The summed E-state index contributed by atoms with van der Waals surface area (Å²) < 4.78 is 11.9. The van der Waals surface area contributed by atoms with Crippen LogP contribution in [0.2, 0.25) is 5.02 Å². The molecule has 216 valence electrons. The highest BCUT2D eigenvalue weighted by Gasteiger charge is 2.43. The Labute approximate surface area is 246 Å². The number of ketones is 2. The Morgan fingerprint density at radius 2 is 1.61 bits per heavy atom. The molecule has 0 saturated carbocycles. The van der Waals surface area contributed by atoms with E-state index in [1.54, 1.807) is 6.07 Å². The van der Waals surface area contributed by atoms with Crippen molar-refractivity contribution in [2.45, 2.75) is 72.1 Å². The molecule has 0 saturated heterocycles. The zero-order valence-corrected chi connectivity index (χ0v) is 25.0. The average Bonchev–Trinajstić information content (AvgIpc) is 2.93. The van der Waals surface area contributed by atoms with E-state index in [2.05, 4.69) is 17.1 Å². The summed E-state index contributed by atoms with van der Waals surface area (Å²) in [7, 11) is 0. The second kappa shape index (κ2) is 12.1. The highest BCUT2D eigenvalue weighted by atomic mass is 35.5. The number of carbonyl (C=O) groups excluding carboxylic acids is 3. The van der Waals surface area contributed by atoms with Crippen molar-refractivity contribution < 1.29 is 23.9 Å². The molecular formula is C33H37ClN2O5. The number of nitrogens with one attached hydrogen (secondary N) is 1. The van der Waals surface area contributed by atoms with Crippen LogP contribution in [0.1, 0.15) is 75.0 Å². The van der Waals surface area contributed by atoms with Gasteiger partial charge in [0.05, 0.1) is 11.6 Å². The van der Waals surface area contributed by atoms with Gasteiger partial charge in [0.25, 0.3) is 5.91 Å². The molecule has 0 radical (unpaired) electrons. The molecule has 1 amide bonds. The number of nitrogens with zero attached hydrogens (tertiary/aromatic N) is 1. The molecule has 3 aliphatic rings. The number of carbonyl (C=O) groups is 3. The predicted molar refractivity (Wildman–Crippen MR) is 160 cm³/mol. The van der Waals surface area contributed by atoms with Crippen molar-refractivity contribution in [1.29, 1.82) is 0 Å². The number of rotatable bonds is 8.